The number of carbonyl (C=O) groups excluding carboxylic acids is 2. The van der Waals surface area contributed by atoms with E-state index in [2.05, 4.69) is 12.2 Å². The smallest absolute Gasteiger partial charge is 0.416 e. The molecule has 0 aliphatic heterocycles. The van der Waals surface area contributed by atoms with Gasteiger partial charge < -0.3 is 14.2 Å². The van der Waals surface area contributed by atoms with Gasteiger partial charge in [-0.3, -0.25) is 0 Å². The lowest BCUT2D eigenvalue weighted by atomic mass is 9.91. The molecule has 5 aromatic carbocycles. The highest BCUT2D eigenvalue weighted by atomic mass is 19.4. The molecule has 0 amide bonds. The Morgan fingerprint density at radius 2 is 1.23 bits per heavy atom. The van der Waals surface area contributed by atoms with Crippen LogP contribution in [0.4, 0.5) is 13.2 Å². The SMILES string of the molecule is COC(=O)c1ccc(CC(C=Cc2ccccc2OCc2ccc(-c3ccc(C(F)(F)F)cc3)cc2)CCc2ccc(C(=O)OC(C)(C)C)cc2)cc1. The number of esters is 2. The summed E-state index contributed by atoms with van der Waals surface area (Å²) in [4.78, 5) is 24.5. The van der Waals surface area contributed by atoms with Crippen LogP contribution in [0.2, 0.25) is 0 Å². The number of alkyl halides is 3. The number of para-hydroxylation sites is 1. The average molecular weight is 721 g/mol. The second kappa shape index (κ2) is 17.3. The number of carbonyl (C=O) groups is 2. The van der Waals surface area contributed by atoms with Crippen LogP contribution in [-0.2, 0) is 35.1 Å². The van der Waals surface area contributed by atoms with Crippen molar-refractivity contribution >= 4 is 18.0 Å². The van der Waals surface area contributed by atoms with Crippen LogP contribution in [0, 0.1) is 5.92 Å². The van der Waals surface area contributed by atoms with Crippen molar-refractivity contribution in [3.05, 3.63) is 166 Å². The highest BCUT2D eigenvalue weighted by Crippen LogP contribution is 2.31. The van der Waals surface area contributed by atoms with Gasteiger partial charge in [-0.25, -0.2) is 9.59 Å². The molecule has 0 aliphatic carbocycles. The van der Waals surface area contributed by atoms with E-state index in [-0.39, 0.29) is 17.9 Å². The average Bonchev–Trinajstić information content (AvgIpc) is 3.14. The molecule has 0 bridgehead atoms. The maximum Gasteiger partial charge on any atom is 0.416 e. The summed E-state index contributed by atoms with van der Waals surface area (Å²) in [7, 11) is 1.36. The molecule has 0 fully saturated rings. The molecule has 0 spiro atoms. The van der Waals surface area contributed by atoms with Gasteiger partial charge in [-0.05, 0) is 116 Å². The summed E-state index contributed by atoms with van der Waals surface area (Å²) in [6, 6.07) is 35.5. The van der Waals surface area contributed by atoms with Crippen LogP contribution in [0.3, 0.4) is 0 Å². The van der Waals surface area contributed by atoms with Crippen LogP contribution < -0.4 is 4.74 Å². The van der Waals surface area contributed by atoms with E-state index in [1.807, 2.05) is 93.6 Å². The fourth-order valence-corrected chi connectivity index (χ4v) is 5.76. The first kappa shape index (κ1) is 38.6. The van der Waals surface area contributed by atoms with E-state index in [9.17, 15) is 22.8 Å². The molecule has 1 atom stereocenters. The number of aryl methyl sites for hydroxylation is 1. The quantitative estimate of drug-likeness (QED) is 0.113. The third-order valence-electron chi connectivity index (χ3n) is 8.63. The van der Waals surface area contributed by atoms with Gasteiger partial charge in [0.25, 0.3) is 0 Å². The monoisotopic (exact) mass is 720 g/mol. The molecule has 0 aromatic heterocycles. The van der Waals surface area contributed by atoms with Crippen LogP contribution in [0.5, 0.6) is 5.75 Å². The summed E-state index contributed by atoms with van der Waals surface area (Å²) in [5, 5.41) is 0. The minimum atomic E-state index is -4.37. The zero-order valence-corrected chi connectivity index (χ0v) is 30.3. The number of hydrogen-bond donors (Lipinski definition) is 0. The molecule has 53 heavy (non-hydrogen) atoms. The molecular formula is C45H43F3O5. The van der Waals surface area contributed by atoms with Gasteiger partial charge in [-0.1, -0.05) is 91.0 Å². The molecule has 0 N–H and O–H groups in total. The minimum Gasteiger partial charge on any atom is -0.488 e. The van der Waals surface area contributed by atoms with Crippen molar-refractivity contribution in [3.63, 3.8) is 0 Å². The summed E-state index contributed by atoms with van der Waals surface area (Å²) >= 11 is 0. The minimum absolute atomic E-state index is 0.135. The molecule has 5 rings (SSSR count). The number of allylic oxidation sites excluding steroid dienone is 1. The number of halogens is 3. The predicted octanol–water partition coefficient (Wildman–Crippen LogP) is 11.2. The van der Waals surface area contributed by atoms with Crippen molar-refractivity contribution in [2.24, 2.45) is 5.92 Å². The Morgan fingerprint density at radius 3 is 1.81 bits per heavy atom. The Balaban J connectivity index is 1.27. The van der Waals surface area contributed by atoms with E-state index in [4.69, 9.17) is 14.2 Å². The molecule has 0 heterocycles. The normalized spacial score (nSPS) is 12.4. The number of hydrogen-bond acceptors (Lipinski definition) is 5. The van der Waals surface area contributed by atoms with E-state index < -0.39 is 17.3 Å². The summed E-state index contributed by atoms with van der Waals surface area (Å²) in [5.41, 5.74) is 5.30. The van der Waals surface area contributed by atoms with E-state index >= 15 is 0 Å². The highest BCUT2D eigenvalue weighted by molar-refractivity contribution is 5.90. The second-order valence-corrected chi connectivity index (χ2v) is 13.8. The fraction of sp³-hybridized carbons (Fsp3) is 0.244. The second-order valence-electron chi connectivity index (χ2n) is 13.8. The lowest BCUT2D eigenvalue weighted by Crippen LogP contribution is -2.23. The molecule has 0 radical (unpaired) electrons. The molecule has 0 aliphatic rings. The molecule has 1 unspecified atom stereocenters. The summed E-state index contributed by atoms with van der Waals surface area (Å²) in [6.07, 6.45) is 2.23. The van der Waals surface area contributed by atoms with Gasteiger partial charge in [-0.2, -0.15) is 13.2 Å². The molecule has 0 saturated carbocycles. The van der Waals surface area contributed by atoms with Gasteiger partial charge in [0, 0.05) is 5.56 Å². The topological polar surface area (TPSA) is 61.8 Å². The van der Waals surface area contributed by atoms with Crippen molar-refractivity contribution < 1.29 is 37.0 Å². The number of methoxy groups -OCH3 is 1. The van der Waals surface area contributed by atoms with Crippen LogP contribution >= 0.6 is 0 Å². The molecule has 5 aromatic rings. The first-order chi connectivity index (χ1) is 25.3. The Kier molecular flexibility index (Phi) is 12.6. The van der Waals surface area contributed by atoms with Gasteiger partial charge in [0.05, 0.1) is 23.8 Å². The predicted molar refractivity (Wildman–Crippen MR) is 202 cm³/mol. The summed E-state index contributed by atoms with van der Waals surface area (Å²) in [5.74, 6) is 0.121. The van der Waals surface area contributed by atoms with Gasteiger partial charge >= 0.3 is 18.1 Å². The lowest BCUT2D eigenvalue weighted by Gasteiger charge is -2.19. The van der Waals surface area contributed by atoms with E-state index in [0.29, 0.717) is 23.3 Å². The van der Waals surface area contributed by atoms with Crippen molar-refractivity contribution in [3.8, 4) is 16.9 Å². The molecule has 0 saturated heterocycles. The summed E-state index contributed by atoms with van der Waals surface area (Å²) in [6.45, 7) is 5.84. The van der Waals surface area contributed by atoms with E-state index in [0.717, 1.165) is 65.0 Å². The molecule has 274 valence electrons. The van der Waals surface area contributed by atoms with Gasteiger partial charge in [0.15, 0.2) is 0 Å². The third-order valence-corrected chi connectivity index (χ3v) is 8.63. The maximum atomic E-state index is 13.0. The fourth-order valence-electron chi connectivity index (χ4n) is 5.76. The van der Waals surface area contributed by atoms with Crippen LogP contribution in [-0.4, -0.2) is 24.6 Å². The number of benzene rings is 5. The highest BCUT2D eigenvalue weighted by Gasteiger charge is 2.30. The maximum absolute atomic E-state index is 13.0. The third kappa shape index (κ3) is 11.4. The van der Waals surface area contributed by atoms with E-state index in [1.54, 1.807) is 24.3 Å². The van der Waals surface area contributed by atoms with Crippen molar-refractivity contribution in [2.45, 2.75) is 58.4 Å². The van der Waals surface area contributed by atoms with Crippen molar-refractivity contribution in [1.82, 2.24) is 0 Å². The summed E-state index contributed by atoms with van der Waals surface area (Å²) < 4.78 is 55.5. The Morgan fingerprint density at radius 1 is 0.679 bits per heavy atom. The van der Waals surface area contributed by atoms with Crippen molar-refractivity contribution in [2.75, 3.05) is 7.11 Å². The standard InChI is InChI=1S/C45H43F3O5/c1-44(2,3)53-43(50)39-21-11-31(12-22-39)9-10-32(29-33-14-23-38(24-15-33)42(49)51-4)13-20-37-7-5-6-8-41(37)52-30-34-16-18-35(19-17-34)36-25-27-40(28-26-36)45(46,47)48/h5-8,11-28,32H,9-10,29-30H2,1-4H3. The van der Waals surface area contributed by atoms with E-state index in [1.165, 1.54) is 19.2 Å². The zero-order valence-electron chi connectivity index (χ0n) is 30.3. The van der Waals surface area contributed by atoms with Gasteiger partial charge in [0.1, 0.15) is 18.0 Å². The number of ether oxygens (including phenoxy) is 3. The first-order valence-electron chi connectivity index (χ1n) is 17.4. The van der Waals surface area contributed by atoms with Gasteiger partial charge in [-0.15, -0.1) is 0 Å². The largest absolute Gasteiger partial charge is 0.488 e. The molecule has 5 nitrogen and oxygen atoms in total. The Hall–Kier alpha value is -5.63. The first-order valence-corrected chi connectivity index (χ1v) is 17.4. The van der Waals surface area contributed by atoms with Crippen LogP contribution in [0.1, 0.15) is 75.7 Å². The Bertz CT molecular complexity index is 1990. The lowest BCUT2D eigenvalue weighted by molar-refractivity contribution is -0.137. The molecule has 8 heteroatoms. The molecular weight excluding hydrogens is 677 g/mol. The van der Waals surface area contributed by atoms with Crippen LogP contribution in [0.25, 0.3) is 17.2 Å². The zero-order chi connectivity index (χ0) is 38.0. The number of rotatable bonds is 13. The van der Waals surface area contributed by atoms with Crippen molar-refractivity contribution in [1.29, 1.82) is 0 Å². The Labute approximate surface area is 309 Å². The van der Waals surface area contributed by atoms with Crippen LogP contribution in [0.15, 0.2) is 127 Å². The van der Waals surface area contributed by atoms with Gasteiger partial charge in [0.2, 0.25) is 0 Å².